The van der Waals surface area contributed by atoms with E-state index < -0.39 is 5.41 Å². The summed E-state index contributed by atoms with van der Waals surface area (Å²) < 4.78 is 4.54. The van der Waals surface area contributed by atoms with Gasteiger partial charge in [-0.25, -0.2) is 19.9 Å². The SMILES string of the molecule is C1=CC(c2nc3ccccc3c3nc4ccccc4n23)CC2=C1c1cc(-c3nc4ccccc4c4nc5ccccc5n34)ccc1C2(c1ccccc1)c1ccccc1. The minimum absolute atomic E-state index is 0.0156. The topological polar surface area (TPSA) is 60.4 Å². The minimum Gasteiger partial charge on any atom is -0.279 e. The van der Waals surface area contributed by atoms with Gasteiger partial charge in [-0.05, 0) is 94.4 Å². The molecule has 0 fully saturated rings. The zero-order valence-corrected chi connectivity index (χ0v) is 31.9. The van der Waals surface area contributed by atoms with Crippen molar-refractivity contribution >= 4 is 60.7 Å². The largest absolute Gasteiger partial charge is 0.279 e. The predicted molar refractivity (Wildman–Crippen MR) is 238 cm³/mol. The van der Waals surface area contributed by atoms with Gasteiger partial charge in [-0.3, -0.25) is 8.80 Å². The van der Waals surface area contributed by atoms with Crippen LogP contribution in [0.5, 0.6) is 0 Å². The number of para-hydroxylation sites is 6. The fourth-order valence-electron chi connectivity index (χ4n) is 10.3. The first-order chi connectivity index (χ1) is 29.3. The van der Waals surface area contributed by atoms with Crippen LogP contribution in [0.25, 0.3) is 72.1 Å². The van der Waals surface area contributed by atoms with Crippen LogP contribution in [-0.2, 0) is 5.41 Å². The van der Waals surface area contributed by atoms with E-state index in [0.717, 1.165) is 78.8 Å². The lowest BCUT2D eigenvalue weighted by atomic mass is 9.64. The van der Waals surface area contributed by atoms with Gasteiger partial charge in [-0.1, -0.05) is 133 Å². The molecule has 6 nitrogen and oxygen atoms in total. The molecule has 0 aliphatic heterocycles. The van der Waals surface area contributed by atoms with E-state index in [0.29, 0.717) is 0 Å². The molecule has 0 N–H and O–H groups in total. The molecular formula is C53H34N6. The molecule has 1 atom stereocenters. The maximum Gasteiger partial charge on any atom is 0.149 e. The number of aromatic nitrogens is 6. The Bertz CT molecular complexity index is 3560. The van der Waals surface area contributed by atoms with Crippen molar-refractivity contribution in [2.24, 2.45) is 0 Å². The fourth-order valence-corrected chi connectivity index (χ4v) is 10.3. The summed E-state index contributed by atoms with van der Waals surface area (Å²) in [6, 6.07) is 62.7. The first kappa shape index (κ1) is 32.4. The molecule has 6 heteroatoms. The molecule has 59 heavy (non-hydrogen) atoms. The highest BCUT2D eigenvalue weighted by Gasteiger charge is 2.49. The van der Waals surface area contributed by atoms with Gasteiger partial charge in [-0.15, -0.1) is 0 Å². The molecule has 0 spiro atoms. The van der Waals surface area contributed by atoms with Crippen LogP contribution in [0.2, 0.25) is 0 Å². The Kier molecular flexibility index (Phi) is 6.67. The Labute approximate surface area is 339 Å². The van der Waals surface area contributed by atoms with E-state index in [1.165, 1.54) is 33.4 Å². The van der Waals surface area contributed by atoms with E-state index in [4.69, 9.17) is 19.9 Å². The number of allylic oxidation sites excluding steroid dienone is 4. The number of benzene rings is 7. The number of hydrogen-bond acceptors (Lipinski definition) is 4. The van der Waals surface area contributed by atoms with Crippen molar-refractivity contribution in [2.75, 3.05) is 0 Å². The fraction of sp³-hybridized carbons (Fsp3) is 0.0566. The third kappa shape index (κ3) is 4.45. The van der Waals surface area contributed by atoms with Gasteiger partial charge >= 0.3 is 0 Å². The van der Waals surface area contributed by atoms with Gasteiger partial charge in [0.25, 0.3) is 0 Å². The number of nitrogens with zero attached hydrogens (tertiary/aromatic N) is 6. The highest BCUT2D eigenvalue weighted by Crippen LogP contribution is 2.59. The van der Waals surface area contributed by atoms with E-state index in [1.54, 1.807) is 0 Å². The lowest BCUT2D eigenvalue weighted by molar-refractivity contribution is 0.647. The van der Waals surface area contributed by atoms with Crippen molar-refractivity contribution in [3.63, 3.8) is 0 Å². The van der Waals surface area contributed by atoms with Crippen LogP contribution in [0.3, 0.4) is 0 Å². The van der Waals surface area contributed by atoms with Crippen LogP contribution < -0.4 is 0 Å². The van der Waals surface area contributed by atoms with Crippen LogP contribution in [0.4, 0.5) is 0 Å². The predicted octanol–water partition coefficient (Wildman–Crippen LogP) is 11.9. The lowest BCUT2D eigenvalue weighted by Gasteiger charge is -2.37. The molecular weight excluding hydrogens is 721 g/mol. The lowest BCUT2D eigenvalue weighted by Crippen LogP contribution is -2.31. The van der Waals surface area contributed by atoms with Crippen molar-refractivity contribution in [3.8, 4) is 11.4 Å². The summed E-state index contributed by atoms with van der Waals surface area (Å²) in [6.45, 7) is 0. The van der Waals surface area contributed by atoms with Gasteiger partial charge in [0.15, 0.2) is 0 Å². The summed E-state index contributed by atoms with van der Waals surface area (Å²) in [5.74, 6) is 1.86. The van der Waals surface area contributed by atoms with E-state index in [2.05, 4.69) is 197 Å². The van der Waals surface area contributed by atoms with Gasteiger partial charge in [0.1, 0.15) is 22.9 Å². The van der Waals surface area contributed by atoms with Crippen molar-refractivity contribution in [1.29, 1.82) is 0 Å². The summed E-state index contributed by atoms with van der Waals surface area (Å²) in [6.07, 6.45) is 5.53. The van der Waals surface area contributed by atoms with Crippen LogP contribution >= 0.6 is 0 Å². The second-order valence-corrected chi connectivity index (χ2v) is 15.8. The third-order valence-electron chi connectivity index (χ3n) is 12.7. The summed E-state index contributed by atoms with van der Waals surface area (Å²) in [5, 5.41) is 2.09. The minimum atomic E-state index is -0.546. The normalized spacial score (nSPS) is 15.9. The third-order valence-corrected chi connectivity index (χ3v) is 12.7. The zero-order chi connectivity index (χ0) is 38.7. The number of imidazole rings is 2. The average Bonchev–Trinajstić information content (AvgIpc) is 3.98. The number of hydrogen-bond donors (Lipinski definition) is 0. The quantitative estimate of drug-likeness (QED) is 0.179. The molecule has 276 valence electrons. The first-order valence-electron chi connectivity index (χ1n) is 20.3. The van der Waals surface area contributed by atoms with Crippen LogP contribution in [0, 0.1) is 0 Å². The molecule has 0 radical (unpaired) electrons. The van der Waals surface area contributed by atoms with E-state index >= 15 is 0 Å². The second kappa shape index (κ2) is 12.2. The molecule has 7 aromatic carbocycles. The van der Waals surface area contributed by atoms with E-state index in [1.807, 2.05) is 0 Å². The van der Waals surface area contributed by atoms with Gasteiger partial charge < -0.3 is 0 Å². The second-order valence-electron chi connectivity index (χ2n) is 15.8. The maximum atomic E-state index is 5.47. The maximum absolute atomic E-state index is 5.47. The summed E-state index contributed by atoms with van der Waals surface area (Å²) in [5.41, 5.74) is 15.9. The molecule has 4 aromatic heterocycles. The molecule has 4 heterocycles. The Balaban J connectivity index is 1.08. The average molecular weight is 755 g/mol. The highest BCUT2D eigenvalue weighted by molar-refractivity contribution is 6.00. The Morgan fingerprint density at radius 3 is 1.69 bits per heavy atom. The van der Waals surface area contributed by atoms with Crippen LogP contribution in [-0.4, -0.2) is 28.7 Å². The molecule has 11 aromatic rings. The molecule has 0 bridgehead atoms. The van der Waals surface area contributed by atoms with Crippen LogP contribution in [0.1, 0.15) is 40.4 Å². The Hall–Kier alpha value is -7.70. The number of rotatable bonds is 4. The highest BCUT2D eigenvalue weighted by atomic mass is 15.1. The smallest absolute Gasteiger partial charge is 0.149 e. The van der Waals surface area contributed by atoms with Gasteiger partial charge in [0.05, 0.1) is 38.5 Å². The summed E-state index contributed by atoms with van der Waals surface area (Å²) in [7, 11) is 0. The molecule has 2 aliphatic carbocycles. The summed E-state index contributed by atoms with van der Waals surface area (Å²) >= 11 is 0. The van der Waals surface area contributed by atoms with Crippen LogP contribution in [0.15, 0.2) is 194 Å². The number of fused-ring (bicyclic) bond motifs is 12. The molecule has 1 unspecified atom stereocenters. The van der Waals surface area contributed by atoms with Crippen molar-refractivity contribution in [3.05, 3.63) is 222 Å². The molecule has 0 saturated heterocycles. The van der Waals surface area contributed by atoms with Gasteiger partial charge in [0, 0.05) is 22.3 Å². The zero-order valence-electron chi connectivity index (χ0n) is 31.9. The standard InChI is InChI=1S/C53H34N6/c1-3-15-35(16-4-1)53(36-17-5-2-6-18-36)41-30-28-33(49-54-43-21-9-7-19-38(43)51-56-45-23-11-13-25-47(45)58(49)51)31-40(41)37-29-27-34(32-42(37)53)50-55-44-22-10-8-20-39(44)52-57-46-24-12-14-26-48(46)59(50)52/h1-31,34H,32H2. The van der Waals surface area contributed by atoms with E-state index in [9.17, 15) is 0 Å². The molecule has 13 rings (SSSR count). The van der Waals surface area contributed by atoms with Crippen molar-refractivity contribution in [1.82, 2.24) is 28.7 Å². The van der Waals surface area contributed by atoms with Crippen molar-refractivity contribution in [2.45, 2.75) is 17.8 Å². The molecule has 0 saturated carbocycles. The van der Waals surface area contributed by atoms with E-state index in [-0.39, 0.29) is 5.92 Å². The summed E-state index contributed by atoms with van der Waals surface area (Å²) in [4.78, 5) is 21.2. The van der Waals surface area contributed by atoms with Crippen molar-refractivity contribution < 1.29 is 0 Å². The Morgan fingerprint density at radius 1 is 0.492 bits per heavy atom. The molecule has 2 aliphatic rings. The monoisotopic (exact) mass is 754 g/mol. The van der Waals surface area contributed by atoms with Gasteiger partial charge in [-0.2, -0.15) is 0 Å². The van der Waals surface area contributed by atoms with Gasteiger partial charge in [0.2, 0.25) is 0 Å². The first-order valence-corrected chi connectivity index (χ1v) is 20.3. The Morgan fingerprint density at radius 2 is 1.03 bits per heavy atom. The molecule has 0 amide bonds.